The number of hydrogen-bond donors (Lipinski definition) is 0. The first-order chi connectivity index (χ1) is 8.13. The standard InChI is InChI=1S/C11H13NO4S2/c1-7(2)11-9-5-4-8(17(3,13)14)6-10(9)18(15,16)12-11/h4-7H,1-3H3. The van der Waals surface area contributed by atoms with Crippen LogP contribution in [0.15, 0.2) is 32.4 Å². The predicted molar refractivity (Wildman–Crippen MR) is 68.1 cm³/mol. The molecule has 0 saturated heterocycles. The van der Waals surface area contributed by atoms with E-state index < -0.39 is 19.9 Å². The molecule has 98 valence electrons. The summed E-state index contributed by atoms with van der Waals surface area (Å²) in [6.07, 6.45) is 1.04. The number of nitrogens with zero attached hydrogens (tertiary/aromatic N) is 1. The highest BCUT2D eigenvalue weighted by molar-refractivity contribution is 7.91. The summed E-state index contributed by atoms with van der Waals surface area (Å²) in [5.41, 5.74) is 0.974. The zero-order valence-electron chi connectivity index (χ0n) is 10.2. The van der Waals surface area contributed by atoms with E-state index in [0.717, 1.165) is 6.26 Å². The fourth-order valence-electron chi connectivity index (χ4n) is 1.80. The van der Waals surface area contributed by atoms with E-state index in [1.807, 2.05) is 13.8 Å². The molecule has 1 aromatic rings. The van der Waals surface area contributed by atoms with Crippen LogP contribution in [0.1, 0.15) is 19.4 Å². The smallest absolute Gasteiger partial charge is 0.224 e. The van der Waals surface area contributed by atoms with E-state index in [4.69, 9.17) is 0 Å². The Kier molecular flexibility index (Phi) is 2.86. The van der Waals surface area contributed by atoms with E-state index in [2.05, 4.69) is 4.40 Å². The largest absolute Gasteiger partial charge is 0.283 e. The molecule has 0 amide bonds. The van der Waals surface area contributed by atoms with Crippen molar-refractivity contribution in [3.05, 3.63) is 23.8 Å². The molecule has 0 unspecified atom stereocenters. The van der Waals surface area contributed by atoms with Gasteiger partial charge in [-0.1, -0.05) is 19.9 Å². The summed E-state index contributed by atoms with van der Waals surface area (Å²) in [6, 6.07) is 4.10. The van der Waals surface area contributed by atoms with Crippen molar-refractivity contribution >= 4 is 25.6 Å². The molecular weight excluding hydrogens is 274 g/mol. The summed E-state index contributed by atoms with van der Waals surface area (Å²) in [5, 5.41) is 0. The van der Waals surface area contributed by atoms with Crippen molar-refractivity contribution in [1.82, 2.24) is 0 Å². The van der Waals surface area contributed by atoms with E-state index in [-0.39, 0.29) is 15.7 Å². The maximum absolute atomic E-state index is 11.9. The maximum atomic E-state index is 11.9. The second-order valence-electron chi connectivity index (χ2n) is 4.54. The zero-order valence-corrected chi connectivity index (χ0v) is 11.8. The Morgan fingerprint density at radius 1 is 1.22 bits per heavy atom. The van der Waals surface area contributed by atoms with E-state index in [1.165, 1.54) is 18.2 Å². The number of hydrogen-bond acceptors (Lipinski definition) is 4. The lowest BCUT2D eigenvalue weighted by Gasteiger charge is -2.06. The molecule has 0 bridgehead atoms. The number of benzene rings is 1. The highest BCUT2D eigenvalue weighted by Gasteiger charge is 2.31. The molecule has 0 radical (unpaired) electrons. The molecule has 0 aliphatic carbocycles. The summed E-state index contributed by atoms with van der Waals surface area (Å²) in [4.78, 5) is -0.0286. The van der Waals surface area contributed by atoms with Gasteiger partial charge in [0, 0.05) is 11.8 Å². The fraction of sp³-hybridized carbons (Fsp3) is 0.364. The maximum Gasteiger partial charge on any atom is 0.283 e. The number of fused-ring (bicyclic) bond motifs is 1. The summed E-state index contributed by atoms with van der Waals surface area (Å²) >= 11 is 0. The minimum absolute atomic E-state index is 0.00923. The van der Waals surface area contributed by atoms with Gasteiger partial charge in [-0.15, -0.1) is 0 Å². The Hall–Kier alpha value is -1.21. The number of sulfone groups is 1. The van der Waals surface area contributed by atoms with Crippen LogP contribution in [0.2, 0.25) is 0 Å². The second kappa shape index (κ2) is 3.89. The average molecular weight is 287 g/mol. The van der Waals surface area contributed by atoms with Crippen LogP contribution in [0.3, 0.4) is 0 Å². The van der Waals surface area contributed by atoms with E-state index in [0.29, 0.717) is 11.3 Å². The Morgan fingerprint density at radius 2 is 1.83 bits per heavy atom. The van der Waals surface area contributed by atoms with Crippen molar-refractivity contribution in [3.63, 3.8) is 0 Å². The molecule has 1 aromatic carbocycles. The quantitative estimate of drug-likeness (QED) is 0.819. The molecule has 0 fully saturated rings. The van der Waals surface area contributed by atoms with Crippen LogP contribution >= 0.6 is 0 Å². The Labute approximate surface area is 107 Å². The van der Waals surface area contributed by atoms with Gasteiger partial charge in [0.05, 0.1) is 15.5 Å². The van der Waals surface area contributed by atoms with Gasteiger partial charge in [0.25, 0.3) is 10.0 Å². The highest BCUT2D eigenvalue weighted by Crippen LogP contribution is 2.31. The Balaban J connectivity index is 2.74. The van der Waals surface area contributed by atoms with Gasteiger partial charge in [-0.25, -0.2) is 8.42 Å². The summed E-state index contributed by atoms with van der Waals surface area (Å²) < 4.78 is 50.3. The Morgan fingerprint density at radius 3 is 2.33 bits per heavy atom. The lowest BCUT2D eigenvalue weighted by molar-refractivity contribution is 0.598. The van der Waals surface area contributed by atoms with Crippen molar-refractivity contribution in [3.8, 4) is 0 Å². The molecule has 0 saturated carbocycles. The molecule has 2 rings (SSSR count). The molecule has 1 aliphatic rings. The van der Waals surface area contributed by atoms with Crippen LogP contribution in [-0.4, -0.2) is 28.8 Å². The van der Waals surface area contributed by atoms with Crippen molar-refractivity contribution in [2.45, 2.75) is 23.6 Å². The normalized spacial score (nSPS) is 17.7. The van der Waals surface area contributed by atoms with Crippen LogP contribution in [0.5, 0.6) is 0 Å². The third kappa shape index (κ3) is 2.08. The van der Waals surface area contributed by atoms with Gasteiger partial charge in [0.15, 0.2) is 9.84 Å². The SMILES string of the molecule is CC(C)C1=NS(=O)(=O)c2cc(S(C)(=O)=O)ccc21. The van der Waals surface area contributed by atoms with Crippen molar-refractivity contribution in [2.24, 2.45) is 10.3 Å². The third-order valence-electron chi connectivity index (χ3n) is 2.70. The Bertz CT molecular complexity index is 743. The highest BCUT2D eigenvalue weighted by atomic mass is 32.2. The van der Waals surface area contributed by atoms with E-state index in [9.17, 15) is 16.8 Å². The van der Waals surface area contributed by atoms with Crippen molar-refractivity contribution in [1.29, 1.82) is 0 Å². The minimum atomic E-state index is -3.76. The third-order valence-corrected chi connectivity index (χ3v) is 5.14. The van der Waals surface area contributed by atoms with Gasteiger partial charge in [-0.05, 0) is 18.1 Å². The van der Waals surface area contributed by atoms with Crippen LogP contribution in [0.4, 0.5) is 0 Å². The first-order valence-electron chi connectivity index (χ1n) is 5.32. The lowest BCUT2D eigenvalue weighted by Crippen LogP contribution is -2.07. The van der Waals surface area contributed by atoms with E-state index in [1.54, 1.807) is 0 Å². The first-order valence-corrected chi connectivity index (χ1v) is 8.65. The molecule has 1 aliphatic heterocycles. The number of sulfonamides is 1. The molecule has 0 spiro atoms. The minimum Gasteiger partial charge on any atom is -0.224 e. The first kappa shape index (κ1) is 13.2. The molecule has 5 nitrogen and oxygen atoms in total. The molecular formula is C11H13NO4S2. The number of rotatable bonds is 2. The summed E-state index contributed by atoms with van der Waals surface area (Å²) in [6.45, 7) is 3.68. The zero-order chi connectivity index (χ0) is 13.7. The van der Waals surface area contributed by atoms with Gasteiger partial charge >= 0.3 is 0 Å². The van der Waals surface area contributed by atoms with Crippen LogP contribution in [-0.2, 0) is 19.9 Å². The predicted octanol–water partition coefficient (Wildman–Crippen LogP) is 1.24. The van der Waals surface area contributed by atoms with Crippen LogP contribution in [0, 0.1) is 5.92 Å². The molecule has 0 atom stereocenters. The molecule has 0 aromatic heterocycles. The van der Waals surface area contributed by atoms with Crippen LogP contribution in [0.25, 0.3) is 0 Å². The molecule has 18 heavy (non-hydrogen) atoms. The second-order valence-corrected chi connectivity index (χ2v) is 8.12. The molecule has 0 N–H and O–H groups in total. The monoisotopic (exact) mass is 287 g/mol. The van der Waals surface area contributed by atoms with Gasteiger partial charge in [-0.3, -0.25) is 0 Å². The van der Waals surface area contributed by atoms with Gasteiger partial charge in [0.2, 0.25) is 0 Å². The van der Waals surface area contributed by atoms with Crippen molar-refractivity contribution in [2.75, 3.05) is 6.26 Å². The van der Waals surface area contributed by atoms with Gasteiger partial charge < -0.3 is 0 Å². The molecule has 7 heteroatoms. The van der Waals surface area contributed by atoms with Crippen molar-refractivity contribution < 1.29 is 16.8 Å². The average Bonchev–Trinajstić information content (AvgIpc) is 2.50. The lowest BCUT2D eigenvalue weighted by atomic mass is 10.0. The molecule has 1 heterocycles. The van der Waals surface area contributed by atoms with Gasteiger partial charge in [0.1, 0.15) is 0 Å². The fourth-order valence-corrected chi connectivity index (χ4v) is 3.92. The van der Waals surface area contributed by atoms with E-state index >= 15 is 0 Å². The van der Waals surface area contributed by atoms with Gasteiger partial charge in [-0.2, -0.15) is 12.8 Å². The topological polar surface area (TPSA) is 80.6 Å². The summed E-state index contributed by atoms with van der Waals surface area (Å²) in [7, 11) is -7.19. The summed E-state index contributed by atoms with van der Waals surface area (Å²) in [5.74, 6) is -0.0369. The van der Waals surface area contributed by atoms with Crippen LogP contribution < -0.4 is 0 Å².